The lowest BCUT2D eigenvalue weighted by atomic mass is 9.97. The molecule has 40 heavy (non-hydrogen) atoms. The number of piperidine rings is 1. The van der Waals surface area contributed by atoms with Crippen molar-refractivity contribution in [1.29, 1.82) is 0 Å². The Morgan fingerprint density at radius 1 is 1.15 bits per heavy atom. The molecule has 0 spiro atoms. The van der Waals surface area contributed by atoms with Gasteiger partial charge in [-0.25, -0.2) is 15.0 Å². The zero-order valence-electron chi connectivity index (χ0n) is 21.4. The van der Waals surface area contributed by atoms with Crippen LogP contribution in [0.2, 0.25) is 0 Å². The summed E-state index contributed by atoms with van der Waals surface area (Å²) < 4.78 is 40.8. The van der Waals surface area contributed by atoms with Crippen molar-refractivity contribution in [2.24, 2.45) is 0 Å². The highest BCUT2D eigenvalue weighted by atomic mass is 19.4. The smallest absolute Gasteiger partial charge is 0.384 e. The van der Waals surface area contributed by atoms with Gasteiger partial charge in [-0.2, -0.15) is 13.2 Å². The number of alkyl halides is 3. The van der Waals surface area contributed by atoms with Gasteiger partial charge in [-0.3, -0.25) is 14.0 Å². The van der Waals surface area contributed by atoms with E-state index in [1.807, 2.05) is 4.40 Å². The summed E-state index contributed by atoms with van der Waals surface area (Å²) in [4.78, 5) is 39.6. The SMILES string of the molecule is C[C@H](O)C(=O)N1CCC[C@@H](c2nc(-c3ccc(C(=O)Nc4cc(C(F)(F)F)ccn4)cc3)c3c(N)nccn23)C1. The minimum absolute atomic E-state index is 0.107. The second kappa shape index (κ2) is 10.6. The first-order valence-corrected chi connectivity index (χ1v) is 12.6. The van der Waals surface area contributed by atoms with Crippen LogP contribution in [-0.4, -0.2) is 60.4 Å². The summed E-state index contributed by atoms with van der Waals surface area (Å²) in [5.41, 5.74) is 7.27. The van der Waals surface area contributed by atoms with Gasteiger partial charge in [0, 0.05) is 48.7 Å². The monoisotopic (exact) mass is 553 g/mol. The first-order valence-electron chi connectivity index (χ1n) is 12.6. The molecule has 0 saturated carbocycles. The van der Waals surface area contributed by atoms with Gasteiger partial charge in [0.15, 0.2) is 0 Å². The van der Waals surface area contributed by atoms with E-state index in [1.165, 1.54) is 19.1 Å². The molecular weight excluding hydrogens is 527 g/mol. The number of nitrogens with two attached hydrogens (primary N) is 1. The predicted octanol–water partition coefficient (Wildman–Crippen LogP) is 3.73. The number of hydrogen-bond acceptors (Lipinski definition) is 7. The fourth-order valence-electron chi connectivity index (χ4n) is 4.87. The molecule has 4 aromatic rings. The van der Waals surface area contributed by atoms with Crippen molar-refractivity contribution in [3.05, 3.63) is 71.9 Å². The fraction of sp³-hybridized carbons (Fsp3) is 0.296. The average molecular weight is 554 g/mol. The Kier molecular flexibility index (Phi) is 7.15. The Hall–Kier alpha value is -4.52. The number of aliphatic hydroxyl groups excluding tert-OH is 1. The quantitative estimate of drug-likeness (QED) is 0.342. The number of aliphatic hydroxyl groups is 1. The number of hydrogen-bond donors (Lipinski definition) is 3. The second-order valence-electron chi connectivity index (χ2n) is 9.61. The zero-order chi connectivity index (χ0) is 28.6. The molecule has 13 heteroatoms. The van der Waals surface area contributed by atoms with E-state index in [-0.39, 0.29) is 29.0 Å². The molecule has 1 aromatic carbocycles. The number of nitrogen functional groups attached to an aromatic ring is 1. The third-order valence-electron chi connectivity index (χ3n) is 6.82. The molecule has 1 fully saturated rings. The number of imidazole rings is 1. The molecule has 208 valence electrons. The number of fused-ring (bicyclic) bond motifs is 1. The lowest BCUT2D eigenvalue weighted by Gasteiger charge is -2.33. The average Bonchev–Trinajstić information content (AvgIpc) is 3.33. The topological polar surface area (TPSA) is 139 Å². The number of carbonyl (C=O) groups is 2. The molecule has 1 saturated heterocycles. The number of rotatable bonds is 5. The Morgan fingerprint density at radius 3 is 2.60 bits per heavy atom. The molecule has 0 bridgehead atoms. The first-order chi connectivity index (χ1) is 19.0. The minimum Gasteiger partial charge on any atom is -0.384 e. The van der Waals surface area contributed by atoms with Crippen LogP contribution in [0.15, 0.2) is 55.0 Å². The summed E-state index contributed by atoms with van der Waals surface area (Å²) in [6, 6.07) is 7.97. The number of benzene rings is 1. The van der Waals surface area contributed by atoms with Gasteiger partial charge in [0.1, 0.15) is 34.8 Å². The maximum Gasteiger partial charge on any atom is 0.416 e. The van der Waals surface area contributed by atoms with Crippen LogP contribution in [0.1, 0.15) is 47.4 Å². The minimum atomic E-state index is -4.56. The molecule has 3 aromatic heterocycles. The van der Waals surface area contributed by atoms with Crippen LogP contribution < -0.4 is 11.1 Å². The van der Waals surface area contributed by atoms with E-state index in [4.69, 9.17) is 10.7 Å². The molecule has 0 unspecified atom stereocenters. The third kappa shape index (κ3) is 5.32. The van der Waals surface area contributed by atoms with Crippen molar-refractivity contribution in [1.82, 2.24) is 24.3 Å². The summed E-state index contributed by atoms with van der Waals surface area (Å²) >= 11 is 0. The predicted molar refractivity (Wildman–Crippen MR) is 140 cm³/mol. The Bertz CT molecular complexity index is 1570. The summed E-state index contributed by atoms with van der Waals surface area (Å²) in [6.07, 6.45) is 0.172. The Labute approximate surface area is 226 Å². The normalized spacial score (nSPS) is 16.6. The van der Waals surface area contributed by atoms with Crippen molar-refractivity contribution in [2.75, 3.05) is 24.1 Å². The van der Waals surface area contributed by atoms with Gasteiger partial charge in [-0.15, -0.1) is 0 Å². The molecule has 10 nitrogen and oxygen atoms in total. The number of amides is 2. The summed E-state index contributed by atoms with van der Waals surface area (Å²) in [7, 11) is 0. The van der Waals surface area contributed by atoms with Crippen LogP contribution >= 0.6 is 0 Å². The zero-order valence-corrected chi connectivity index (χ0v) is 21.4. The fourth-order valence-corrected chi connectivity index (χ4v) is 4.87. The molecule has 2 atom stereocenters. The first kappa shape index (κ1) is 27.1. The molecule has 0 radical (unpaired) electrons. The molecule has 4 N–H and O–H groups in total. The van der Waals surface area contributed by atoms with Crippen molar-refractivity contribution in [2.45, 2.75) is 38.0 Å². The highest BCUT2D eigenvalue weighted by Gasteiger charge is 2.32. The van der Waals surface area contributed by atoms with E-state index in [0.29, 0.717) is 35.7 Å². The van der Waals surface area contributed by atoms with Crippen LogP contribution in [0.25, 0.3) is 16.8 Å². The van der Waals surface area contributed by atoms with Crippen molar-refractivity contribution in [3.63, 3.8) is 0 Å². The van der Waals surface area contributed by atoms with E-state index in [9.17, 15) is 27.9 Å². The van der Waals surface area contributed by atoms with Gasteiger partial charge in [0.2, 0.25) is 0 Å². The van der Waals surface area contributed by atoms with Crippen molar-refractivity contribution in [3.8, 4) is 11.3 Å². The van der Waals surface area contributed by atoms with Crippen LogP contribution in [0.5, 0.6) is 0 Å². The number of likely N-dealkylation sites (tertiary alicyclic amines) is 1. The molecular formula is C27H26F3N7O3. The molecule has 5 rings (SSSR count). The number of carbonyl (C=O) groups excluding carboxylic acids is 2. The van der Waals surface area contributed by atoms with Gasteiger partial charge < -0.3 is 21.1 Å². The van der Waals surface area contributed by atoms with Crippen LogP contribution in [-0.2, 0) is 11.0 Å². The molecule has 1 aliphatic heterocycles. The number of aromatic nitrogens is 4. The number of halogens is 3. The van der Waals surface area contributed by atoms with Crippen molar-refractivity contribution < 1.29 is 27.9 Å². The van der Waals surface area contributed by atoms with Gasteiger partial charge in [-0.05, 0) is 44.0 Å². The van der Waals surface area contributed by atoms with E-state index in [1.54, 1.807) is 29.4 Å². The highest BCUT2D eigenvalue weighted by molar-refractivity contribution is 6.04. The van der Waals surface area contributed by atoms with Crippen LogP contribution in [0, 0.1) is 0 Å². The highest BCUT2D eigenvalue weighted by Crippen LogP contribution is 2.34. The lowest BCUT2D eigenvalue weighted by Crippen LogP contribution is -2.43. The van der Waals surface area contributed by atoms with E-state index >= 15 is 0 Å². The van der Waals surface area contributed by atoms with Gasteiger partial charge in [-0.1, -0.05) is 12.1 Å². The second-order valence-corrected chi connectivity index (χ2v) is 9.61. The molecule has 2 amide bonds. The maximum absolute atomic E-state index is 13.0. The van der Waals surface area contributed by atoms with Crippen LogP contribution in [0.4, 0.5) is 24.8 Å². The largest absolute Gasteiger partial charge is 0.416 e. The molecule has 4 heterocycles. The number of nitrogens with zero attached hydrogens (tertiary/aromatic N) is 5. The Morgan fingerprint density at radius 2 is 1.90 bits per heavy atom. The van der Waals surface area contributed by atoms with Gasteiger partial charge in [0.05, 0.1) is 5.56 Å². The number of anilines is 2. The summed E-state index contributed by atoms with van der Waals surface area (Å²) in [5.74, 6) is -0.338. The molecule has 1 aliphatic rings. The number of pyridine rings is 1. The van der Waals surface area contributed by atoms with E-state index in [2.05, 4.69) is 15.3 Å². The van der Waals surface area contributed by atoms with Gasteiger partial charge >= 0.3 is 6.18 Å². The summed E-state index contributed by atoms with van der Waals surface area (Å²) in [6.45, 7) is 2.40. The summed E-state index contributed by atoms with van der Waals surface area (Å²) in [5, 5.41) is 12.2. The standard InChI is InChI=1S/C27H26F3N7O3/c1-15(38)26(40)36-11-2-3-18(14-36)24-35-21(22-23(31)33-10-12-37(22)24)16-4-6-17(7-5-16)25(39)34-20-13-19(8-9-32-20)27(28,29)30/h4-10,12-13,15,18,38H,2-3,11,14H2,1H3,(H2,31,33)(H,32,34,39)/t15-,18+/m0/s1. The third-order valence-corrected chi connectivity index (χ3v) is 6.82. The number of nitrogens with one attached hydrogen (secondary N) is 1. The van der Waals surface area contributed by atoms with E-state index < -0.39 is 23.8 Å². The van der Waals surface area contributed by atoms with E-state index in [0.717, 1.165) is 31.2 Å². The maximum atomic E-state index is 13.0. The Balaban J connectivity index is 1.42. The van der Waals surface area contributed by atoms with Crippen LogP contribution in [0.3, 0.4) is 0 Å². The van der Waals surface area contributed by atoms with Gasteiger partial charge in [0.25, 0.3) is 11.8 Å². The van der Waals surface area contributed by atoms with Crippen molar-refractivity contribution >= 4 is 29.0 Å². The molecule has 0 aliphatic carbocycles. The lowest BCUT2D eigenvalue weighted by molar-refractivity contribution is -0.140.